The van der Waals surface area contributed by atoms with Crippen LogP contribution in [0.15, 0.2) is 64.9 Å². The lowest BCUT2D eigenvalue weighted by atomic mass is 9.97. The van der Waals surface area contributed by atoms with Crippen LogP contribution < -0.4 is 4.74 Å². The van der Waals surface area contributed by atoms with Gasteiger partial charge in [0.1, 0.15) is 11.5 Å². The normalized spacial score (nSPS) is 16.0. The number of pyridine rings is 1. The standard InChI is InChI=1S/C25H24N4O3S/c1-31-19-8-6-17(7-9-19)12-20-13-28-24(32-20)18-4-3-11-29(15-18)25(30)21-5-2-10-27-23(21)22-14-26-16-33-22/h2,5-10,13-14,16,18H,3-4,11-12,15H2,1H3/t18-/m0/s1. The lowest BCUT2D eigenvalue weighted by Gasteiger charge is -2.31. The Hall–Kier alpha value is -3.52. The fourth-order valence-corrected chi connectivity index (χ4v) is 4.81. The lowest BCUT2D eigenvalue weighted by molar-refractivity contribution is 0.0698. The predicted octanol–water partition coefficient (Wildman–Crippen LogP) is 4.81. The first kappa shape index (κ1) is 21.3. The van der Waals surface area contributed by atoms with Crippen molar-refractivity contribution < 1.29 is 13.9 Å². The van der Waals surface area contributed by atoms with E-state index in [1.54, 1.807) is 37.3 Å². The minimum absolute atomic E-state index is 0.0128. The number of amides is 1. The number of oxazole rings is 1. The number of rotatable bonds is 6. The second-order valence-electron chi connectivity index (χ2n) is 8.05. The minimum atomic E-state index is -0.0128. The number of thiazole rings is 1. The molecule has 0 saturated carbocycles. The van der Waals surface area contributed by atoms with E-state index in [0.29, 0.717) is 36.7 Å². The van der Waals surface area contributed by atoms with Crippen LogP contribution in [0, 0.1) is 0 Å². The van der Waals surface area contributed by atoms with Crippen molar-refractivity contribution in [2.24, 2.45) is 0 Å². The van der Waals surface area contributed by atoms with Gasteiger partial charge in [0.2, 0.25) is 0 Å². The summed E-state index contributed by atoms with van der Waals surface area (Å²) in [4.78, 5) is 29.3. The van der Waals surface area contributed by atoms with Crippen LogP contribution in [0.2, 0.25) is 0 Å². The Kier molecular flexibility index (Phi) is 6.17. The van der Waals surface area contributed by atoms with Crippen molar-refractivity contribution >= 4 is 17.2 Å². The van der Waals surface area contributed by atoms with E-state index in [-0.39, 0.29) is 11.8 Å². The molecule has 0 radical (unpaired) electrons. The molecule has 1 saturated heterocycles. The Labute approximate surface area is 196 Å². The summed E-state index contributed by atoms with van der Waals surface area (Å²) in [6, 6.07) is 11.6. The highest BCUT2D eigenvalue weighted by Crippen LogP contribution is 2.30. The van der Waals surface area contributed by atoms with Gasteiger partial charge in [0.25, 0.3) is 5.91 Å². The molecule has 4 aromatic rings. The molecule has 1 amide bonds. The van der Waals surface area contributed by atoms with Gasteiger partial charge in [0.05, 0.1) is 40.9 Å². The zero-order valence-electron chi connectivity index (χ0n) is 18.3. The first-order chi connectivity index (χ1) is 16.2. The van der Waals surface area contributed by atoms with E-state index in [0.717, 1.165) is 34.8 Å². The van der Waals surface area contributed by atoms with E-state index in [9.17, 15) is 4.79 Å². The van der Waals surface area contributed by atoms with Crippen molar-refractivity contribution in [3.05, 3.63) is 83.3 Å². The van der Waals surface area contributed by atoms with Gasteiger partial charge in [-0.1, -0.05) is 12.1 Å². The number of piperidine rings is 1. The van der Waals surface area contributed by atoms with E-state index in [2.05, 4.69) is 15.0 Å². The zero-order valence-corrected chi connectivity index (χ0v) is 19.1. The summed E-state index contributed by atoms with van der Waals surface area (Å²) in [6.07, 6.45) is 7.77. The van der Waals surface area contributed by atoms with Crippen LogP contribution in [0.4, 0.5) is 0 Å². The van der Waals surface area contributed by atoms with Crippen molar-refractivity contribution in [1.29, 1.82) is 0 Å². The molecule has 0 unspecified atom stereocenters. The first-order valence-electron chi connectivity index (χ1n) is 10.9. The highest BCUT2D eigenvalue weighted by atomic mass is 32.1. The Morgan fingerprint density at radius 3 is 2.88 bits per heavy atom. The SMILES string of the molecule is COc1ccc(Cc2cnc([C@H]3CCCN(C(=O)c4cccnc4-c4cncs4)C3)o2)cc1. The number of ether oxygens (including phenoxy) is 1. The number of hydrogen-bond donors (Lipinski definition) is 0. The Morgan fingerprint density at radius 2 is 2.09 bits per heavy atom. The topological polar surface area (TPSA) is 81.4 Å². The predicted molar refractivity (Wildman–Crippen MR) is 126 cm³/mol. The van der Waals surface area contributed by atoms with Gasteiger partial charge in [-0.25, -0.2) is 4.98 Å². The molecule has 0 N–H and O–H groups in total. The van der Waals surface area contributed by atoms with Crippen LogP contribution in [-0.2, 0) is 6.42 Å². The van der Waals surface area contributed by atoms with Crippen molar-refractivity contribution in [3.8, 4) is 16.3 Å². The van der Waals surface area contributed by atoms with Crippen molar-refractivity contribution in [1.82, 2.24) is 19.9 Å². The summed E-state index contributed by atoms with van der Waals surface area (Å²) < 4.78 is 11.3. The maximum atomic E-state index is 13.4. The molecule has 8 heteroatoms. The van der Waals surface area contributed by atoms with Gasteiger partial charge in [-0.05, 0) is 42.7 Å². The molecule has 1 aliphatic heterocycles. The molecule has 4 heterocycles. The number of methoxy groups -OCH3 is 1. The van der Waals surface area contributed by atoms with Gasteiger partial charge in [-0.3, -0.25) is 14.8 Å². The van der Waals surface area contributed by atoms with Crippen molar-refractivity contribution in [2.45, 2.75) is 25.2 Å². The monoisotopic (exact) mass is 460 g/mol. The fraction of sp³-hybridized carbons (Fsp3) is 0.280. The summed E-state index contributed by atoms with van der Waals surface area (Å²) in [7, 11) is 1.66. The van der Waals surface area contributed by atoms with Gasteiger partial charge in [-0.2, -0.15) is 0 Å². The highest BCUT2D eigenvalue weighted by Gasteiger charge is 2.30. The zero-order chi connectivity index (χ0) is 22.6. The summed E-state index contributed by atoms with van der Waals surface area (Å²) in [5, 5.41) is 0. The number of benzene rings is 1. The lowest BCUT2D eigenvalue weighted by Crippen LogP contribution is -2.39. The van der Waals surface area contributed by atoms with Crippen LogP contribution >= 0.6 is 11.3 Å². The van der Waals surface area contributed by atoms with Crippen LogP contribution in [0.25, 0.3) is 10.6 Å². The summed E-state index contributed by atoms with van der Waals surface area (Å²) >= 11 is 1.48. The molecule has 1 aliphatic rings. The van der Waals surface area contributed by atoms with Gasteiger partial charge in [0.15, 0.2) is 5.89 Å². The summed E-state index contributed by atoms with van der Waals surface area (Å²) in [5.74, 6) is 2.41. The molecule has 168 valence electrons. The van der Waals surface area contributed by atoms with Gasteiger partial charge in [-0.15, -0.1) is 11.3 Å². The molecule has 0 aliphatic carbocycles. The maximum Gasteiger partial charge on any atom is 0.256 e. The van der Waals surface area contributed by atoms with Gasteiger partial charge < -0.3 is 14.1 Å². The van der Waals surface area contributed by atoms with E-state index < -0.39 is 0 Å². The average molecular weight is 461 g/mol. The molecule has 1 aromatic carbocycles. The quantitative estimate of drug-likeness (QED) is 0.411. The van der Waals surface area contributed by atoms with Gasteiger partial charge >= 0.3 is 0 Å². The molecular weight excluding hydrogens is 436 g/mol. The summed E-state index contributed by atoms with van der Waals surface area (Å²) in [5.41, 5.74) is 4.17. The first-order valence-corrected chi connectivity index (χ1v) is 11.8. The number of carbonyl (C=O) groups excluding carboxylic acids is 1. The smallest absolute Gasteiger partial charge is 0.256 e. The Bertz CT molecular complexity index is 1220. The van der Waals surface area contributed by atoms with Gasteiger partial charge in [0, 0.05) is 31.9 Å². The molecule has 3 aromatic heterocycles. The molecule has 5 rings (SSSR count). The Balaban J connectivity index is 1.29. The third-order valence-corrected chi connectivity index (χ3v) is 6.65. The van der Waals surface area contributed by atoms with Crippen molar-refractivity contribution in [2.75, 3.05) is 20.2 Å². The molecular formula is C25H24N4O3S. The molecule has 0 bridgehead atoms. The number of nitrogens with zero attached hydrogens (tertiary/aromatic N) is 4. The maximum absolute atomic E-state index is 13.4. The van der Waals surface area contributed by atoms with E-state index in [1.165, 1.54) is 11.3 Å². The second-order valence-corrected chi connectivity index (χ2v) is 8.93. The number of aromatic nitrogens is 3. The summed E-state index contributed by atoms with van der Waals surface area (Å²) in [6.45, 7) is 1.30. The number of likely N-dealkylation sites (tertiary alicyclic amines) is 1. The fourth-order valence-electron chi connectivity index (χ4n) is 4.18. The average Bonchev–Trinajstić information content (AvgIpc) is 3.57. The third-order valence-electron chi connectivity index (χ3n) is 5.87. The molecule has 7 nitrogen and oxygen atoms in total. The Morgan fingerprint density at radius 1 is 1.21 bits per heavy atom. The van der Waals surface area contributed by atoms with E-state index in [1.807, 2.05) is 35.2 Å². The molecule has 1 fully saturated rings. The molecule has 1 atom stereocenters. The number of hydrogen-bond acceptors (Lipinski definition) is 7. The van der Waals surface area contributed by atoms with E-state index in [4.69, 9.17) is 9.15 Å². The second kappa shape index (κ2) is 9.54. The van der Waals surface area contributed by atoms with Crippen LogP contribution in [0.1, 0.15) is 46.3 Å². The third kappa shape index (κ3) is 4.66. The highest BCUT2D eigenvalue weighted by molar-refractivity contribution is 7.13. The number of carbonyl (C=O) groups is 1. The van der Waals surface area contributed by atoms with E-state index >= 15 is 0 Å². The largest absolute Gasteiger partial charge is 0.497 e. The van der Waals surface area contributed by atoms with Crippen LogP contribution in [-0.4, -0.2) is 46.0 Å². The van der Waals surface area contributed by atoms with Crippen LogP contribution in [0.3, 0.4) is 0 Å². The molecule has 0 spiro atoms. The minimum Gasteiger partial charge on any atom is -0.497 e. The van der Waals surface area contributed by atoms with Crippen molar-refractivity contribution in [3.63, 3.8) is 0 Å². The van der Waals surface area contributed by atoms with Crippen LogP contribution in [0.5, 0.6) is 5.75 Å². The molecule has 33 heavy (non-hydrogen) atoms.